The van der Waals surface area contributed by atoms with Gasteiger partial charge in [-0.3, -0.25) is 4.79 Å². The molecule has 0 unspecified atom stereocenters. The average molecular weight is 315 g/mol. The Morgan fingerprint density at radius 3 is 2.91 bits per heavy atom. The third-order valence-electron chi connectivity index (χ3n) is 4.17. The number of allylic oxidation sites excluding steroid dienone is 1. The van der Waals surface area contributed by atoms with Crippen molar-refractivity contribution in [3.05, 3.63) is 35.5 Å². The number of nitrogens with one attached hydrogen (secondary N) is 2. The fourth-order valence-electron chi connectivity index (χ4n) is 2.73. The first-order valence-corrected chi connectivity index (χ1v) is 8.81. The maximum atomic E-state index is 12.2. The molecule has 1 heterocycles. The molecular weight excluding hydrogens is 286 g/mol. The molecule has 1 aromatic rings. The first-order chi connectivity index (χ1) is 11.1. The Labute approximate surface area is 139 Å². The van der Waals surface area contributed by atoms with Crippen LogP contribution >= 0.6 is 0 Å². The molecule has 1 aliphatic rings. The lowest BCUT2D eigenvalue weighted by Gasteiger charge is -2.13. The van der Waals surface area contributed by atoms with E-state index in [2.05, 4.69) is 35.5 Å². The van der Waals surface area contributed by atoms with E-state index in [1.165, 1.54) is 31.3 Å². The topological polar surface area (TPSA) is 54.0 Å². The summed E-state index contributed by atoms with van der Waals surface area (Å²) in [5.74, 6) is 1.41. The summed E-state index contributed by atoms with van der Waals surface area (Å²) in [6.45, 7) is 5.98. The fraction of sp³-hybridized carbons (Fsp3) is 0.579. The first kappa shape index (κ1) is 17.5. The van der Waals surface area contributed by atoms with E-state index >= 15 is 0 Å². The Balaban J connectivity index is 1.78. The molecule has 0 saturated heterocycles. The standard InChI is InChI=1S/C19H29N3O/c1-15(2)8-11-20-18-14-17(10-13-21-18)19(23)22-12-9-16-6-4-3-5-7-16/h6,10,13-15H,3-5,7-9,11-12H2,1-2H3,(H,20,21)(H,22,23). The summed E-state index contributed by atoms with van der Waals surface area (Å²) in [7, 11) is 0. The van der Waals surface area contributed by atoms with Gasteiger partial charge in [0, 0.05) is 24.8 Å². The molecule has 0 radical (unpaired) electrons. The van der Waals surface area contributed by atoms with Gasteiger partial charge >= 0.3 is 0 Å². The molecular formula is C19H29N3O. The van der Waals surface area contributed by atoms with Crippen molar-refractivity contribution in [2.45, 2.75) is 52.4 Å². The van der Waals surface area contributed by atoms with Gasteiger partial charge in [-0.15, -0.1) is 0 Å². The molecule has 0 spiro atoms. The van der Waals surface area contributed by atoms with E-state index in [-0.39, 0.29) is 5.91 Å². The highest BCUT2D eigenvalue weighted by atomic mass is 16.1. The molecule has 1 aliphatic carbocycles. The van der Waals surface area contributed by atoms with E-state index in [0.717, 1.165) is 25.2 Å². The summed E-state index contributed by atoms with van der Waals surface area (Å²) in [5, 5.41) is 6.29. The molecule has 0 atom stereocenters. The quantitative estimate of drug-likeness (QED) is 0.708. The normalized spacial score (nSPS) is 14.5. The lowest BCUT2D eigenvalue weighted by atomic mass is 9.97. The molecule has 1 amide bonds. The van der Waals surface area contributed by atoms with Crippen LogP contribution in [0.1, 0.15) is 62.7 Å². The summed E-state index contributed by atoms with van der Waals surface area (Å²) in [6, 6.07) is 3.60. The van der Waals surface area contributed by atoms with E-state index in [1.54, 1.807) is 12.3 Å². The van der Waals surface area contributed by atoms with Crippen molar-refractivity contribution in [1.29, 1.82) is 0 Å². The zero-order valence-corrected chi connectivity index (χ0v) is 14.4. The SMILES string of the molecule is CC(C)CCNc1cc(C(=O)NCCC2=CCCCC2)ccn1. The van der Waals surface area contributed by atoms with Gasteiger partial charge in [0.15, 0.2) is 0 Å². The van der Waals surface area contributed by atoms with Gasteiger partial charge in [0.1, 0.15) is 5.82 Å². The minimum absolute atomic E-state index is 0.0179. The molecule has 4 heteroatoms. The summed E-state index contributed by atoms with van der Waals surface area (Å²) in [6.07, 6.45) is 11.1. The Hall–Kier alpha value is -1.84. The van der Waals surface area contributed by atoms with Crippen LogP contribution in [-0.2, 0) is 0 Å². The lowest BCUT2D eigenvalue weighted by Crippen LogP contribution is -2.25. The molecule has 0 aromatic carbocycles. The largest absolute Gasteiger partial charge is 0.370 e. The lowest BCUT2D eigenvalue weighted by molar-refractivity contribution is 0.0954. The zero-order valence-electron chi connectivity index (χ0n) is 14.4. The highest BCUT2D eigenvalue weighted by Gasteiger charge is 2.08. The van der Waals surface area contributed by atoms with Crippen molar-refractivity contribution < 1.29 is 4.79 Å². The van der Waals surface area contributed by atoms with E-state index in [9.17, 15) is 4.79 Å². The van der Waals surface area contributed by atoms with Crippen molar-refractivity contribution in [3.8, 4) is 0 Å². The molecule has 2 N–H and O–H groups in total. The minimum atomic E-state index is -0.0179. The van der Waals surface area contributed by atoms with Crippen LogP contribution in [-0.4, -0.2) is 24.0 Å². The predicted octanol–water partition coefficient (Wildman–Crippen LogP) is 4.16. The maximum absolute atomic E-state index is 12.2. The van der Waals surface area contributed by atoms with Crippen molar-refractivity contribution in [1.82, 2.24) is 10.3 Å². The second-order valence-corrected chi connectivity index (χ2v) is 6.65. The fourth-order valence-corrected chi connectivity index (χ4v) is 2.73. The number of hydrogen-bond acceptors (Lipinski definition) is 3. The number of carbonyl (C=O) groups excluding carboxylic acids is 1. The number of nitrogens with zero attached hydrogens (tertiary/aromatic N) is 1. The molecule has 0 fully saturated rings. The van der Waals surface area contributed by atoms with E-state index in [0.29, 0.717) is 18.0 Å². The summed E-state index contributed by atoms with van der Waals surface area (Å²) >= 11 is 0. The van der Waals surface area contributed by atoms with Crippen LogP contribution in [0.5, 0.6) is 0 Å². The maximum Gasteiger partial charge on any atom is 0.251 e. The van der Waals surface area contributed by atoms with Crippen LogP contribution < -0.4 is 10.6 Å². The molecule has 126 valence electrons. The highest BCUT2D eigenvalue weighted by molar-refractivity contribution is 5.94. The minimum Gasteiger partial charge on any atom is -0.370 e. The van der Waals surface area contributed by atoms with Crippen molar-refractivity contribution >= 4 is 11.7 Å². The number of carbonyl (C=O) groups is 1. The second-order valence-electron chi connectivity index (χ2n) is 6.65. The van der Waals surface area contributed by atoms with Crippen molar-refractivity contribution in [3.63, 3.8) is 0 Å². The monoisotopic (exact) mass is 315 g/mol. The summed E-state index contributed by atoms with van der Waals surface area (Å²) in [4.78, 5) is 16.5. The van der Waals surface area contributed by atoms with Gasteiger partial charge in [-0.1, -0.05) is 25.5 Å². The van der Waals surface area contributed by atoms with E-state index in [4.69, 9.17) is 0 Å². The van der Waals surface area contributed by atoms with Crippen LogP contribution in [0.3, 0.4) is 0 Å². The number of amides is 1. The molecule has 1 aromatic heterocycles. The van der Waals surface area contributed by atoms with Crippen LogP contribution in [0, 0.1) is 5.92 Å². The van der Waals surface area contributed by atoms with Gasteiger partial charge in [-0.2, -0.15) is 0 Å². The van der Waals surface area contributed by atoms with E-state index < -0.39 is 0 Å². The Kier molecular flexibility index (Phi) is 7.11. The smallest absolute Gasteiger partial charge is 0.251 e. The molecule has 0 saturated carbocycles. The Morgan fingerprint density at radius 2 is 2.17 bits per heavy atom. The van der Waals surface area contributed by atoms with Gasteiger partial charge in [0.2, 0.25) is 0 Å². The number of rotatable bonds is 8. The van der Waals surface area contributed by atoms with Crippen LogP contribution in [0.2, 0.25) is 0 Å². The highest BCUT2D eigenvalue weighted by Crippen LogP contribution is 2.19. The van der Waals surface area contributed by atoms with Gasteiger partial charge in [0.05, 0.1) is 0 Å². The van der Waals surface area contributed by atoms with Crippen LogP contribution in [0.4, 0.5) is 5.82 Å². The van der Waals surface area contributed by atoms with Crippen LogP contribution in [0.15, 0.2) is 30.0 Å². The van der Waals surface area contributed by atoms with Crippen molar-refractivity contribution in [2.75, 3.05) is 18.4 Å². The predicted molar refractivity (Wildman–Crippen MR) is 95.7 cm³/mol. The number of pyridine rings is 1. The van der Waals surface area contributed by atoms with Gasteiger partial charge in [-0.05, 0) is 56.6 Å². The van der Waals surface area contributed by atoms with Crippen molar-refractivity contribution in [2.24, 2.45) is 5.92 Å². The van der Waals surface area contributed by atoms with Gasteiger partial charge in [0.25, 0.3) is 5.91 Å². The van der Waals surface area contributed by atoms with Crippen LogP contribution in [0.25, 0.3) is 0 Å². The number of anilines is 1. The average Bonchev–Trinajstić information content (AvgIpc) is 2.56. The molecule has 23 heavy (non-hydrogen) atoms. The van der Waals surface area contributed by atoms with E-state index in [1.807, 2.05) is 6.07 Å². The second kappa shape index (κ2) is 9.33. The number of aromatic nitrogens is 1. The third-order valence-corrected chi connectivity index (χ3v) is 4.17. The summed E-state index contributed by atoms with van der Waals surface area (Å²) < 4.78 is 0. The molecule has 2 rings (SSSR count). The molecule has 4 nitrogen and oxygen atoms in total. The first-order valence-electron chi connectivity index (χ1n) is 8.81. The number of hydrogen-bond donors (Lipinski definition) is 2. The third kappa shape index (κ3) is 6.43. The molecule has 0 aliphatic heterocycles. The molecule has 0 bridgehead atoms. The Bertz CT molecular complexity index is 537. The van der Waals surface area contributed by atoms with Gasteiger partial charge < -0.3 is 10.6 Å². The van der Waals surface area contributed by atoms with Gasteiger partial charge in [-0.25, -0.2) is 4.98 Å². The Morgan fingerprint density at radius 1 is 1.30 bits per heavy atom. The summed E-state index contributed by atoms with van der Waals surface area (Å²) in [5.41, 5.74) is 2.16. The zero-order chi connectivity index (χ0) is 16.5.